The quantitative estimate of drug-likeness (QED) is 0.593. The van der Waals surface area contributed by atoms with Crippen LogP contribution in [0, 0.1) is 5.41 Å². The number of allylic oxidation sites excluding steroid dienone is 2. The van der Waals surface area contributed by atoms with Crippen LogP contribution in [0.5, 0.6) is 0 Å². The maximum absolute atomic E-state index is 9.47. The summed E-state index contributed by atoms with van der Waals surface area (Å²) in [6.45, 7) is 8.85. The lowest BCUT2D eigenvalue weighted by Crippen LogP contribution is -2.35. The summed E-state index contributed by atoms with van der Waals surface area (Å²) in [4.78, 5) is 0. The van der Waals surface area contributed by atoms with Crippen molar-refractivity contribution in [2.45, 2.75) is 25.9 Å². The SMILES string of the molecule is C=CCC(CO)(CC=C)C(C)O. The molecule has 0 aliphatic carbocycles. The van der Waals surface area contributed by atoms with Crippen molar-refractivity contribution in [1.82, 2.24) is 0 Å². The Morgan fingerprint density at radius 3 is 1.92 bits per heavy atom. The van der Waals surface area contributed by atoms with Gasteiger partial charge in [-0.25, -0.2) is 0 Å². The zero-order chi connectivity index (χ0) is 9.61. The van der Waals surface area contributed by atoms with Gasteiger partial charge < -0.3 is 10.2 Å². The Kier molecular flexibility index (Phi) is 4.86. The second-order valence-corrected chi connectivity index (χ2v) is 3.18. The zero-order valence-electron chi connectivity index (χ0n) is 7.66. The molecule has 2 nitrogen and oxygen atoms in total. The third kappa shape index (κ3) is 2.47. The van der Waals surface area contributed by atoms with E-state index in [-0.39, 0.29) is 6.61 Å². The van der Waals surface area contributed by atoms with Crippen LogP contribution in [-0.4, -0.2) is 22.9 Å². The van der Waals surface area contributed by atoms with Crippen molar-refractivity contribution in [2.24, 2.45) is 5.41 Å². The van der Waals surface area contributed by atoms with Gasteiger partial charge in [0, 0.05) is 5.41 Å². The van der Waals surface area contributed by atoms with Gasteiger partial charge in [-0.1, -0.05) is 12.2 Å². The van der Waals surface area contributed by atoms with Gasteiger partial charge in [0.25, 0.3) is 0 Å². The molecule has 70 valence electrons. The normalized spacial score (nSPS) is 13.9. The zero-order valence-corrected chi connectivity index (χ0v) is 7.66. The Bertz CT molecular complexity index is 140. The van der Waals surface area contributed by atoms with Crippen LogP contribution in [0.4, 0.5) is 0 Å². The summed E-state index contributed by atoms with van der Waals surface area (Å²) in [6.07, 6.45) is 4.10. The minimum atomic E-state index is -0.543. The van der Waals surface area contributed by atoms with Crippen molar-refractivity contribution < 1.29 is 10.2 Å². The third-order valence-electron chi connectivity index (χ3n) is 2.30. The first kappa shape index (κ1) is 11.4. The molecule has 12 heavy (non-hydrogen) atoms. The molecule has 0 amide bonds. The second kappa shape index (κ2) is 5.12. The lowest BCUT2D eigenvalue weighted by molar-refractivity contribution is -0.00282. The van der Waals surface area contributed by atoms with Crippen LogP contribution in [-0.2, 0) is 0 Å². The maximum atomic E-state index is 9.47. The Morgan fingerprint density at radius 2 is 1.75 bits per heavy atom. The molecule has 0 saturated carbocycles. The van der Waals surface area contributed by atoms with Crippen LogP contribution in [0.15, 0.2) is 25.3 Å². The lowest BCUT2D eigenvalue weighted by Gasteiger charge is -2.32. The predicted octanol–water partition coefficient (Wildman–Crippen LogP) is 1.50. The Hall–Kier alpha value is -0.600. The molecule has 0 spiro atoms. The monoisotopic (exact) mass is 170 g/mol. The predicted molar refractivity (Wildman–Crippen MR) is 50.8 cm³/mol. The first-order valence-electron chi connectivity index (χ1n) is 4.13. The lowest BCUT2D eigenvalue weighted by atomic mass is 9.77. The van der Waals surface area contributed by atoms with E-state index in [1.165, 1.54) is 0 Å². The van der Waals surface area contributed by atoms with Crippen LogP contribution >= 0.6 is 0 Å². The van der Waals surface area contributed by atoms with Gasteiger partial charge >= 0.3 is 0 Å². The van der Waals surface area contributed by atoms with Crippen molar-refractivity contribution in [3.05, 3.63) is 25.3 Å². The highest BCUT2D eigenvalue weighted by atomic mass is 16.3. The van der Waals surface area contributed by atoms with E-state index in [9.17, 15) is 5.11 Å². The topological polar surface area (TPSA) is 40.5 Å². The fourth-order valence-corrected chi connectivity index (χ4v) is 1.26. The summed E-state index contributed by atoms with van der Waals surface area (Å²) in [5, 5.41) is 18.6. The minimum Gasteiger partial charge on any atom is -0.396 e. The van der Waals surface area contributed by atoms with E-state index in [2.05, 4.69) is 13.2 Å². The van der Waals surface area contributed by atoms with E-state index >= 15 is 0 Å². The van der Waals surface area contributed by atoms with E-state index in [1.54, 1.807) is 19.1 Å². The molecule has 0 aromatic carbocycles. The molecule has 0 saturated heterocycles. The molecule has 1 unspecified atom stereocenters. The van der Waals surface area contributed by atoms with Crippen molar-refractivity contribution in [3.63, 3.8) is 0 Å². The molecule has 1 atom stereocenters. The molecule has 0 aromatic rings. The highest BCUT2D eigenvalue weighted by Gasteiger charge is 2.31. The molecular formula is C10H18O2. The van der Waals surface area contributed by atoms with Gasteiger partial charge in [0.05, 0.1) is 12.7 Å². The number of aliphatic hydroxyl groups is 2. The molecular weight excluding hydrogens is 152 g/mol. The largest absolute Gasteiger partial charge is 0.396 e. The van der Waals surface area contributed by atoms with E-state index in [4.69, 9.17) is 5.11 Å². The molecule has 0 bridgehead atoms. The molecule has 0 rings (SSSR count). The van der Waals surface area contributed by atoms with Gasteiger partial charge in [-0.05, 0) is 19.8 Å². The van der Waals surface area contributed by atoms with Crippen molar-refractivity contribution in [3.8, 4) is 0 Å². The molecule has 0 aliphatic rings. The molecule has 2 N–H and O–H groups in total. The number of rotatable bonds is 6. The van der Waals surface area contributed by atoms with E-state index < -0.39 is 11.5 Å². The van der Waals surface area contributed by atoms with Crippen LogP contribution in [0.1, 0.15) is 19.8 Å². The minimum absolute atomic E-state index is 0.0390. The van der Waals surface area contributed by atoms with E-state index in [0.717, 1.165) is 0 Å². The van der Waals surface area contributed by atoms with Crippen LogP contribution < -0.4 is 0 Å². The van der Waals surface area contributed by atoms with E-state index in [1.807, 2.05) is 0 Å². The Balaban J connectivity index is 4.48. The van der Waals surface area contributed by atoms with Crippen LogP contribution in [0.25, 0.3) is 0 Å². The summed E-state index contributed by atoms with van der Waals surface area (Å²) < 4.78 is 0. The van der Waals surface area contributed by atoms with Crippen molar-refractivity contribution in [2.75, 3.05) is 6.61 Å². The van der Waals surface area contributed by atoms with E-state index in [0.29, 0.717) is 12.8 Å². The van der Waals surface area contributed by atoms with Gasteiger partial charge in [-0.2, -0.15) is 0 Å². The molecule has 0 aromatic heterocycles. The highest BCUT2D eigenvalue weighted by Crippen LogP contribution is 2.31. The van der Waals surface area contributed by atoms with Crippen LogP contribution in [0.2, 0.25) is 0 Å². The summed E-state index contributed by atoms with van der Waals surface area (Å²) in [5.41, 5.74) is -0.483. The maximum Gasteiger partial charge on any atom is 0.0596 e. The second-order valence-electron chi connectivity index (χ2n) is 3.18. The first-order valence-corrected chi connectivity index (χ1v) is 4.13. The summed E-state index contributed by atoms with van der Waals surface area (Å²) in [5.74, 6) is 0. The first-order chi connectivity index (χ1) is 5.63. The van der Waals surface area contributed by atoms with Crippen LogP contribution in [0.3, 0.4) is 0 Å². The van der Waals surface area contributed by atoms with Gasteiger partial charge in [0.1, 0.15) is 0 Å². The van der Waals surface area contributed by atoms with Gasteiger partial charge in [0.15, 0.2) is 0 Å². The number of hydrogen-bond donors (Lipinski definition) is 2. The summed E-state index contributed by atoms with van der Waals surface area (Å²) in [6, 6.07) is 0. The van der Waals surface area contributed by atoms with Crippen molar-refractivity contribution >= 4 is 0 Å². The summed E-state index contributed by atoms with van der Waals surface area (Å²) in [7, 11) is 0. The molecule has 0 fully saturated rings. The summed E-state index contributed by atoms with van der Waals surface area (Å²) >= 11 is 0. The molecule has 0 heterocycles. The highest BCUT2D eigenvalue weighted by molar-refractivity contribution is 4.94. The molecule has 0 aliphatic heterocycles. The molecule has 0 radical (unpaired) electrons. The third-order valence-corrected chi connectivity index (χ3v) is 2.30. The van der Waals surface area contributed by atoms with Gasteiger partial charge in [-0.15, -0.1) is 13.2 Å². The number of aliphatic hydroxyl groups excluding tert-OH is 2. The molecule has 2 heteroatoms. The average molecular weight is 170 g/mol. The Labute approximate surface area is 74.2 Å². The smallest absolute Gasteiger partial charge is 0.0596 e. The van der Waals surface area contributed by atoms with Gasteiger partial charge in [-0.3, -0.25) is 0 Å². The standard InChI is InChI=1S/C10H18O2/c1-4-6-10(8-11,7-5-2)9(3)12/h4-5,9,11-12H,1-2,6-8H2,3H3. The van der Waals surface area contributed by atoms with Crippen molar-refractivity contribution in [1.29, 1.82) is 0 Å². The fraction of sp³-hybridized carbons (Fsp3) is 0.600. The Morgan fingerprint density at radius 1 is 1.33 bits per heavy atom. The average Bonchev–Trinajstić information content (AvgIpc) is 2.03. The van der Waals surface area contributed by atoms with Gasteiger partial charge in [0.2, 0.25) is 0 Å². The number of hydrogen-bond acceptors (Lipinski definition) is 2. The fourth-order valence-electron chi connectivity index (χ4n) is 1.26.